The van der Waals surface area contributed by atoms with Gasteiger partial charge in [-0.15, -0.1) is 0 Å². The first-order valence-corrected chi connectivity index (χ1v) is 5.41. The van der Waals surface area contributed by atoms with Crippen LogP contribution in [0.1, 0.15) is 12.8 Å². The third-order valence-electron chi connectivity index (χ3n) is 2.63. The first-order valence-electron chi connectivity index (χ1n) is 5.41. The molecular formula is C12H13NO4. The molecule has 0 aromatic heterocycles. The number of nitrogens with one attached hydrogen (secondary N) is 1. The fourth-order valence-electron chi connectivity index (χ4n) is 1.76. The van der Waals surface area contributed by atoms with Crippen LogP contribution in [0.4, 0.5) is 5.69 Å². The van der Waals surface area contributed by atoms with Crippen molar-refractivity contribution >= 4 is 17.6 Å². The molecule has 5 nitrogen and oxygen atoms in total. The Labute approximate surface area is 98.4 Å². The number of carbonyl (C=O) groups is 2. The highest BCUT2D eigenvalue weighted by molar-refractivity contribution is 5.94. The van der Waals surface area contributed by atoms with Gasteiger partial charge in [0, 0.05) is 5.69 Å². The fourth-order valence-corrected chi connectivity index (χ4v) is 1.76. The molecule has 0 radical (unpaired) electrons. The summed E-state index contributed by atoms with van der Waals surface area (Å²) in [6.07, 6.45) is -0.712. The van der Waals surface area contributed by atoms with Crippen LogP contribution in [0.25, 0.3) is 0 Å². The summed E-state index contributed by atoms with van der Waals surface area (Å²) in [6, 6.07) is 9.00. The number of hydrogen-bond acceptors (Lipinski definition) is 3. The van der Waals surface area contributed by atoms with E-state index in [1.54, 1.807) is 12.1 Å². The second-order valence-electron chi connectivity index (χ2n) is 3.88. The van der Waals surface area contributed by atoms with Gasteiger partial charge in [-0.25, -0.2) is 4.79 Å². The Morgan fingerprint density at radius 2 is 1.82 bits per heavy atom. The Hall–Kier alpha value is -1.88. The van der Waals surface area contributed by atoms with Crippen molar-refractivity contribution in [2.24, 2.45) is 0 Å². The van der Waals surface area contributed by atoms with Crippen molar-refractivity contribution in [2.45, 2.75) is 25.0 Å². The maximum Gasteiger partial charge on any atom is 0.332 e. The van der Waals surface area contributed by atoms with E-state index in [2.05, 4.69) is 5.32 Å². The summed E-state index contributed by atoms with van der Waals surface area (Å²) in [5.74, 6) is -1.31. The Balaban J connectivity index is 1.92. The fraction of sp³-hybridized carbons (Fsp3) is 0.333. The van der Waals surface area contributed by atoms with Gasteiger partial charge in [0.2, 0.25) is 0 Å². The van der Waals surface area contributed by atoms with Crippen molar-refractivity contribution in [1.29, 1.82) is 0 Å². The smallest absolute Gasteiger partial charge is 0.332 e. The normalized spacial score (nSPS) is 23.3. The quantitative estimate of drug-likeness (QED) is 0.826. The summed E-state index contributed by atoms with van der Waals surface area (Å²) in [4.78, 5) is 22.4. The Morgan fingerprint density at radius 3 is 2.41 bits per heavy atom. The number of aliphatic carboxylic acids is 1. The molecule has 0 bridgehead atoms. The number of ether oxygens (including phenoxy) is 1. The predicted octanol–water partition coefficient (Wildman–Crippen LogP) is 1.26. The van der Waals surface area contributed by atoms with E-state index in [9.17, 15) is 9.59 Å². The van der Waals surface area contributed by atoms with Crippen molar-refractivity contribution in [2.75, 3.05) is 5.32 Å². The van der Waals surface area contributed by atoms with E-state index >= 15 is 0 Å². The van der Waals surface area contributed by atoms with Crippen LogP contribution in [0.3, 0.4) is 0 Å². The van der Waals surface area contributed by atoms with Gasteiger partial charge in [0.25, 0.3) is 5.91 Å². The molecule has 1 aliphatic rings. The summed E-state index contributed by atoms with van der Waals surface area (Å²) in [6.45, 7) is 0. The maximum atomic E-state index is 11.8. The Morgan fingerprint density at radius 1 is 1.18 bits per heavy atom. The zero-order valence-corrected chi connectivity index (χ0v) is 9.13. The third-order valence-corrected chi connectivity index (χ3v) is 2.63. The van der Waals surface area contributed by atoms with Gasteiger partial charge >= 0.3 is 5.97 Å². The predicted molar refractivity (Wildman–Crippen MR) is 60.6 cm³/mol. The third kappa shape index (κ3) is 2.82. The van der Waals surface area contributed by atoms with Gasteiger partial charge in [-0.2, -0.15) is 0 Å². The van der Waals surface area contributed by atoms with Crippen LogP contribution in [0.2, 0.25) is 0 Å². The van der Waals surface area contributed by atoms with Gasteiger partial charge in [0.1, 0.15) is 6.10 Å². The minimum Gasteiger partial charge on any atom is -0.479 e. The molecule has 1 saturated heterocycles. The zero-order valence-electron chi connectivity index (χ0n) is 9.13. The lowest BCUT2D eigenvalue weighted by Gasteiger charge is -2.11. The second kappa shape index (κ2) is 4.97. The highest BCUT2D eigenvalue weighted by atomic mass is 16.5. The van der Waals surface area contributed by atoms with Crippen molar-refractivity contribution in [3.05, 3.63) is 30.3 Å². The molecular weight excluding hydrogens is 222 g/mol. The summed E-state index contributed by atoms with van der Waals surface area (Å²) in [5, 5.41) is 11.4. The first kappa shape index (κ1) is 11.6. The minimum atomic E-state index is -1.01. The number of hydrogen-bond donors (Lipinski definition) is 2. The van der Waals surface area contributed by atoms with Gasteiger partial charge in [0.15, 0.2) is 6.10 Å². The number of amides is 1. The molecule has 1 aliphatic heterocycles. The van der Waals surface area contributed by atoms with Gasteiger partial charge in [-0.1, -0.05) is 18.2 Å². The molecule has 0 unspecified atom stereocenters. The molecule has 17 heavy (non-hydrogen) atoms. The van der Waals surface area contributed by atoms with Crippen molar-refractivity contribution < 1.29 is 19.4 Å². The number of carbonyl (C=O) groups excluding carboxylic acids is 1. The monoisotopic (exact) mass is 235 g/mol. The van der Waals surface area contributed by atoms with Gasteiger partial charge < -0.3 is 15.2 Å². The van der Waals surface area contributed by atoms with Crippen LogP contribution in [0, 0.1) is 0 Å². The molecule has 2 atom stereocenters. The van der Waals surface area contributed by atoms with Crippen LogP contribution >= 0.6 is 0 Å². The summed E-state index contributed by atoms with van der Waals surface area (Å²) < 4.78 is 5.15. The van der Waals surface area contributed by atoms with E-state index in [4.69, 9.17) is 9.84 Å². The molecule has 1 fully saturated rings. The summed E-state index contributed by atoms with van der Waals surface area (Å²) in [7, 11) is 0. The average molecular weight is 235 g/mol. The molecule has 1 aromatic carbocycles. The molecule has 1 amide bonds. The lowest BCUT2D eigenvalue weighted by atomic mass is 10.2. The molecule has 0 spiro atoms. The average Bonchev–Trinajstić information content (AvgIpc) is 2.79. The lowest BCUT2D eigenvalue weighted by molar-refractivity contribution is -0.150. The highest BCUT2D eigenvalue weighted by Gasteiger charge is 2.34. The first-order chi connectivity index (χ1) is 8.16. The van der Waals surface area contributed by atoms with E-state index < -0.39 is 18.2 Å². The molecule has 1 aromatic rings. The van der Waals surface area contributed by atoms with Crippen molar-refractivity contribution in [1.82, 2.24) is 0 Å². The van der Waals surface area contributed by atoms with Crippen LogP contribution in [-0.4, -0.2) is 29.2 Å². The molecule has 5 heteroatoms. The number of rotatable bonds is 3. The Bertz CT molecular complexity index is 418. The van der Waals surface area contributed by atoms with Crippen LogP contribution in [0.5, 0.6) is 0 Å². The van der Waals surface area contributed by atoms with E-state index in [-0.39, 0.29) is 5.91 Å². The topological polar surface area (TPSA) is 75.6 Å². The van der Waals surface area contributed by atoms with Crippen molar-refractivity contribution in [3.63, 3.8) is 0 Å². The van der Waals surface area contributed by atoms with Crippen molar-refractivity contribution in [3.8, 4) is 0 Å². The van der Waals surface area contributed by atoms with E-state index in [1.807, 2.05) is 18.2 Å². The number of benzene rings is 1. The van der Waals surface area contributed by atoms with Gasteiger partial charge in [-0.3, -0.25) is 4.79 Å². The summed E-state index contributed by atoms with van der Waals surface area (Å²) in [5.41, 5.74) is 0.680. The largest absolute Gasteiger partial charge is 0.479 e. The molecule has 0 saturated carbocycles. The molecule has 2 rings (SSSR count). The number of anilines is 1. The van der Waals surface area contributed by atoms with E-state index in [0.717, 1.165) is 0 Å². The van der Waals surface area contributed by atoms with E-state index in [0.29, 0.717) is 18.5 Å². The molecule has 1 heterocycles. The molecule has 0 aliphatic carbocycles. The number of carboxylic acid groups (broad SMARTS) is 1. The van der Waals surface area contributed by atoms with Crippen LogP contribution in [-0.2, 0) is 14.3 Å². The molecule has 90 valence electrons. The standard InChI is InChI=1S/C12H13NO4/c14-11(13-8-4-2-1-3-5-8)9-6-7-10(17-9)12(15)16/h1-5,9-10H,6-7H2,(H,13,14)(H,15,16)/t9-,10+/m0/s1. The zero-order chi connectivity index (χ0) is 12.3. The minimum absolute atomic E-state index is 0.292. The maximum absolute atomic E-state index is 11.8. The number of para-hydroxylation sites is 1. The van der Waals surface area contributed by atoms with E-state index in [1.165, 1.54) is 0 Å². The second-order valence-corrected chi connectivity index (χ2v) is 3.88. The lowest BCUT2D eigenvalue weighted by Crippen LogP contribution is -2.29. The van der Waals surface area contributed by atoms with Crippen LogP contribution in [0.15, 0.2) is 30.3 Å². The Kier molecular flexibility index (Phi) is 3.39. The van der Waals surface area contributed by atoms with Gasteiger partial charge in [-0.05, 0) is 25.0 Å². The SMILES string of the molecule is O=C(Nc1ccccc1)[C@@H]1CC[C@H](C(=O)O)O1. The van der Waals surface area contributed by atoms with Gasteiger partial charge in [0.05, 0.1) is 0 Å². The molecule has 2 N–H and O–H groups in total. The summed E-state index contributed by atoms with van der Waals surface area (Å²) >= 11 is 0. The van der Waals surface area contributed by atoms with Crippen LogP contribution < -0.4 is 5.32 Å². The highest BCUT2D eigenvalue weighted by Crippen LogP contribution is 2.21. The number of carboxylic acids is 1.